The van der Waals surface area contributed by atoms with Gasteiger partial charge in [-0.3, -0.25) is 0 Å². The van der Waals surface area contributed by atoms with Crippen LogP contribution in [0.5, 0.6) is 0 Å². The van der Waals surface area contributed by atoms with Gasteiger partial charge in [-0.2, -0.15) is 0 Å². The van der Waals surface area contributed by atoms with Crippen LogP contribution in [-0.2, 0) is 14.8 Å². The molecule has 1 aromatic rings. The van der Waals surface area contributed by atoms with Gasteiger partial charge >= 0.3 is 0 Å². The van der Waals surface area contributed by atoms with Crippen molar-refractivity contribution in [2.24, 2.45) is 5.92 Å². The van der Waals surface area contributed by atoms with Crippen LogP contribution in [0.3, 0.4) is 0 Å². The van der Waals surface area contributed by atoms with Crippen LogP contribution in [0.25, 0.3) is 0 Å². The molecule has 0 radical (unpaired) electrons. The first-order valence-electron chi connectivity index (χ1n) is 6.07. The van der Waals surface area contributed by atoms with E-state index in [0.717, 1.165) is 0 Å². The first kappa shape index (κ1) is 15.8. The zero-order valence-corrected chi connectivity index (χ0v) is 12.0. The summed E-state index contributed by atoms with van der Waals surface area (Å²) in [5.74, 6) is 0.518. The number of ether oxygens (including phenoxy) is 1. The summed E-state index contributed by atoms with van der Waals surface area (Å²) in [5, 5.41) is 0. The van der Waals surface area contributed by atoms with Crippen molar-refractivity contribution in [2.45, 2.75) is 25.2 Å². The van der Waals surface area contributed by atoms with Crippen LogP contribution in [0.4, 0.5) is 5.95 Å². The van der Waals surface area contributed by atoms with Crippen molar-refractivity contribution in [1.82, 2.24) is 14.7 Å². The lowest BCUT2D eigenvalue weighted by atomic mass is 10.2. The van der Waals surface area contributed by atoms with Crippen molar-refractivity contribution in [2.75, 3.05) is 25.5 Å². The third-order valence-electron chi connectivity index (χ3n) is 2.17. The number of nitrogens with two attached hydrogens (primary N) is 1. The fourth-order valence-electron chi connectivity index (χ4n) is 1.25. The Labute approximate surface area is 113 Å². The van der Waals surface area contributed by atoms with E-state index >= 15 is 0 Å². The molecule has 0 saturated heterocycles. The van der Waals surface area contributed by atoms with E-state index in [2.05, 4.69) is 28.5 Å². The average Bonchev–Trinajstić information content (AvgIpc) is 2.34. The van der Waals surface area contributed by atoms with Crippen molar-refractivity contribution in [3.05, 3.63) is 12.4 Å². The van der Waals surface area contributed by atoms with Crippen LogP contribution in [0.1, 0.15) is 20.3 Å². The molecule has 3 N–H and O–H groups in total. The molecule has 0 unspecified atom stereocenters. The first-order chi connectivity index (χ1) is 8.92. The normalized spacial score (nSPS) is 11.9. The van der Waals surface area contributed by atoms with Gasteiger partial charge in [-0.05, 0) is 12.3 Å². The Morgan fingerprint density at radius 3 is 2.58 bits per heavy atom. The van der Waals surface area contributed by atoms with Crippen LogP contribution >= 0.6 is 0 Å². The fourth-order valence-corrected chi connectivity index (χ4v) is 2.21. The smallest absolute Gasteiger partial charge is 0.243 e. The summed E-state index contributed by atoms with van der Waals surface area (Å²) in [6, 6.07) is 0. The van der Waals surface area contributed by atoms with E-state index in [1.54, 1.807) is 0 Å². The molecule has 0 aromatic carbocycles. The molecular weight excluding hydrogens is 268 g/mol. The maximum Gasteiger partial charge on any atom is 0.243 e. The zero-order valence-electron chi connectivity index (χ0n) is 11.2. The van der Waals surface area contributed by atoms with Gasteiger partial charge in [-0.15, -0.1) is 0 Å². The molecule has 0 spiro atoms. The SMILES string of the molecule is CC(C)COCCCNS(=O)(=O)c1cnc(N)nc1. The predicted molar refractivity (Wildman–Crippen MR) is 71.9 cm³/mol. The molecule has 0 atom stereocenters. The fraction of sp³-hybridized carbons (Fsp3) is 0.636. The molecule has 1 heterocycles. The minimum atomic E-state index is -3.57. The van der Waals surface area contributed by atoms with E-state index < -0.39 is 10.0 Å². The third kappa shape index (κ3) is 5.95. The number of nitrogens with one attached hydrogen (secondary N) is 1. The molecule has 0 amide bonds. The molecule has 0 aliphatic heterocycles. The van der Waals surface area contributed by atoms with Gasteiger partial charge in [-0.1, -0.05) is 13.8 Å². The number of hydrogen-bond donors (Lipinski definition) is 2. The molecule has 1 aromatic heterocycles. The molecule has 0 aliphatic carbocycles. The highest BCUT2D eigenvalue weighted by Gasteiger charge is 2.13. The standard InChI is InChI=1S/C11H20N4O3S/c1-9(2)8-18-5-3-4-15-19(16,17)10-6-13-11(12)14-7-10/h6-7,9,15H,3-5,8H2,1-2H3,(H2,12,13,14). The summed E-state index contributed by atoms with van der Waals surface area (Å²) in [5.41, 5.74) is 5.30. The van der Waals surface area contributed by atoms with Crippen molar-refractivity contribution in [3.63, 3.8) is 0 Å². The number of sulfonamides is 1. The predicted octanol–water partition coefficient (Wildman–Crippen LogP) is 0.400. The molecular formula is C11H20N4O3S. The average molecular weight is 288 g/mol. The van der Waals surface area contributed by atoms with Crippen molar-refractivity contribution >= 4 is 16.0 Å². The molecule has 1 rings (SSSR count). The topological polar surface area (TPSA) is 107 Å². The minimum absolute atomic E-state index is 0.00444. The molecule has 0 fully saturated rings. The van der Waals surface area contributed by atoms with E-state index in [0.29, 0.717) is 32.1 Å². The highest BCUT2D eigenvalue weighted by Crippen LogP contribution is 2.05. The molecule has 7 nitrogen and oxygen atoms in total. The van der Waals surface area contributed by atoms with Crippen LogP contribution in [0.2, 0.25) is 0 Å². The van der Waals surface area contributed by atoms with Gasteiger partial charge in [0.1, 0.15) is 4.90 Å². The van der Waals surface area contributed by atoms with Gasteiger partial charge in [0, 0.05) is 19.8 Å². The minimum Gasteiger partial charge on any atom is -0.381 e. The van der Waals surface area contributed by atoms with Crippen molar-refractivity contribution in [3.8, 4) is 0 Å². The Kier molecular flexibility index (Phi) is 6.13. The van der Waals surface area contributed by atoms with E-state index in [4.69, 9.17) is 10.5 Å². The lowest BCUT2D eigenvalue weighted by Crippen LogP contribution is -2.26. The first-order valence-corrected chi connectivity index (χ1v) is 7.55. The maximum absolute atomic E-state index is 11.8. The quantitative estimate of drug-likeness (QED) is 0.670. The van der Waals surface area contributed by atoms with Gasteiger partial charge in [-0.25, -0.2) is 23.1 Å². The number of rotatable bonds is 8. The number of anilines is 1. The molecule has 8 heteroatoms. The number of nitrogen functional groups attached to an aromatic ring is 1. The Bertz CT molecular complexity index is 473. The van der Waals surface area contributed by atoms with Gasteiger partial charge in [0.25, 0.3) is 0 Å². The summed E-state index contributed by atoms with van der Waals surface area (Å²) in [6.45, 7) is 5.63. The van der Waals surface area contributed by atoms with E-state index in [1.807, 2.05) is 0 Å². The largest absolute Gasteiger partial charge is 0.381 e. The van der Waals surface area contributed by atoms with Gasteiger partial charge in [0.05, 0.1) is 12.4 Å². The molecule has 108 valence electrons. The monoisotopic (exact) mass is 288 g/mol. The maximum atomic E-state index is 11.8. The van der Waals surface area contributed by atoms with Crippen LogP contribution < -0.4 is 10.5 Å². The number of nitrogens with zero attached hydrogens (tertiary/aromatic N) is 2. The summed E-state index contributed by atoms with van der Waals surface area (Å²) in [7, 11) is -3.57. The second kappa shape index (κ2) is 7.37. The number of aromatic nitrogens is 2. The van der Waals surface area contributed by atoms with Crippen LogP contribution in [0, 0.1) is 5.92 Å². The van der Waals surface area contributed by atoms with Crippen molar-refractivity contribution in [1.29, 1.82) is 0 Å². The second-order valence-corrected chi connectivity index (χ2v) is 6.26. The Morgan fingerprint density at radius 2 is 2.00 bits per heavy atom. The number of hydrogen-bond acceptors (Lipinski definition) is 6. The van der Waals surface area contributed by atoms with Gasteiger partial charge in [0.15, 0.2) is 0 Å². The van der Waals surface area contributed by atoms with E-state index in [9.17, 15) is 8.42 Å². The highest BCUT2D eigenvalue weighted by atomic mass is 32.2. The summed E-state index contributed by atoms with van der Waals surface area (Å²) in [4.78, 5) is 7.30. The Morgan fingerprint density at radius 1 is 1.37 bits per heavy atom. The molecule has 0 saturated carbocycles. The lowest BCUT2D eigenvalue weighted by Gasteiger charge is -2.08. The zero-order chi connectivity index (χ0) is 14.3. The Balaban J connectivity index is 2.33. The summed E-state index contributed by atoms with van der Waals surface area (Å²) < 4.78 is 31.4. The molecule has 0 aliphatic rings. The summed E-state index contributed by atoms with van der Waals surface area (Å²) >= 11 is 0. The van der Waals surface area contributed by atoms with Gasteiger partial charge in [0.2, 0.25) is 16.0 Å². The van der Waals surface area contributed by atoms with Crippen LogP contribution in [-0.4, -0.2) is 38.1 Å². The van der Waals surface area contributed by atoms with E-state index in [-0.39, 0.29) is 10.8 Å². The molecule has 19 heavy (non-hydrogen) atoms. The van der Waals surface area contributed by atoms with Crippen LogP contribution in [0.15, 0.2) is 17.3 Å². The Hall–Kier alpha value is -1.25. The molecule has 0 bridgehead atoms. The summed E-state index contributed by atoms with van der Waals surface area (Å²) in [6.07, 6.45) is 2.97. The second-order valence-electron chi connectivity index (χ2n) is 4.50. The third-order valence-corrected chi connectivity index (χ3v) is 3.58. The van der Waals surface area contributed by atoms with E-state index in [1.165, 1.54) is 12.4 Å². The van der Waals surface area contributed by atoms with Crippen molar-refractivity contribution < 1.29 is 13.2 Å². The van der Waals surface area contributed by atoms with Gasteiger partial charge < -0.3 is 10.5 Å². The lowest BCUT2D eigenvalue weighted by molar-refractivity contribution is 0.108. The highest BCUT2D eigenvalue weighted by molar-refractivity contribution is 7.89.